The Morgan fingerprint density at radius 1 is 1.15 bits per heavy atom. The third-order valence-electron chi connectivity index (χ3n) is 3.71. The van der Waals surface area contributed by atoms with Gasteiger partial charge in [-0.1, -0.05) is 50.6 Å². The third-order valence-corrected chi connectivity index (χ3v) is 3.71. The summed E-state index contributed by atoms with van der Waals surface area (Å²) in [5, 5.41) is 0. The van der Waals surface area contributed by atoms with Crippen LogP contribution < -0.4 is 5.73 Å². The molecule has 0 aliphatic carbocycles. The normalized spacial score (nSPS) is 12.8. The summed E-state index contributed by atoms with van der Waals surface area (Å²) in [6.45, 7) is 8.71. The average Bonchev–Trinajstić information content (AvgIpc) is 2.78. The smallest absolute Gasteiger partial charge is 0.142 e. The largest absolute Gasteiger partial charge is 0.384 e. The number of nitrogens with zero attached hydrogens (tertiary/aromatic N) is 2. The lowest BCUT2D eigenvalue weighted by Crippen LogP contribution is -2.08. The minimum absolute atomic E-state index is 0.306. The van der Waals surface area contributed by atoms with Gasteiger partial charge in [0.2, 0.25) is 0 Å². The standard InChI is InChI=1S/C17H25N3/c1-5-9-13(4)15-16(18)20(12(2)3)17(19-15)14-10-7-6-8-11-14/h6-8,10-13H,5,9,18H2,1-4H3. The van der Waals surface area contributed by atoms with E-state index in [0.29, 0.717) is 12.0 Å². The Morgan fingerprint density at radius 3 is 2.35 bits per heavy atom. The highest BCUT2D eigenvalue weighted by molar-refractivity contribution is 5.61. The number of nitrogen functional groups attached to an aromatic ring is 1. The summed E-state index contributed by atoms with van der Waals surface area (Å²) in [6.07, 6.45) is 2.27. The molecule has 2 N–H and O–H groups in total. The van der Waals surface area contributed by atoms with E-state index in [1.165, 1.54) is 0 Å². The Kier molecular flexibility index (Phi) is 4.48. The van der Waals surface area contributed by atoms with Crippen molar-refractivity contribution in [3.05, 3.63) is 36.0 Å². The Balaban J connectivity index is 2.54. The van der Waals surface area contributed by atoms with Crippen LogP contribution in [0.5, 0.6) is 0 Å². The molecular formula is C17H25N3. The van der Waals surface area contributed by atoms with Crippen molar-refractivity contribution in [1.29, 1.82) is 0 Å². The van der Waals surface area contributed by atoms with Crippen LogP contribution in [0.25, 0.3) is 11.4 Å². The van der Waals surface area contributed by atoms with Crippen molar-refractivity contribution >= 4 is 5.82 Å². The lowest BCUT2D eigenvalue weighted by molar-refractivity contribution is 0.610. The molecule has 3 nitrogen and oxygen atoms in total. The molecule has 3 heteroatoms. The number of hydrogen-bond donors (Lipinski definition) is 1. The van der Waals surface area contributed by atoms with Crippen molar-refractivity contribution in [2.75, 3.05) is 5.73 Å². The van der Waals surface area contributed by atoms with Gasteiger partial charge in [-0.05, 0) is 20.3 Å². The maximum Gasteiger partial charge on any atom is 0.142 e. The summed E-state index contributed by atoms with van der Waals surface area (Å²) in [5.41, 5.74) is 8.54. The van der Waals surface area contributed by atoms with Crippen LogP contribution in [-0.4, -0.2) is 9.55 Å². The van der Waals surface area contributed by atoms with Crippen molar-refractivity contribution in [1.82, 2.24) is 9.55 Å². The number of imidazole rings is 1. The van der Waals surface area contributed by atoms with E-state index >= 15 is 0 Å². The van der Waals surface area contributed by atoms with E-state index in [9.17, 15) is 0 Å². The third kappa shape index (κ3) is 2.72. The molecule has 0 radical (unpaired) electrons. The van der Waals surface area contributed by atoms with E-state index in [4.69, 9.17) is 10.7 Å². The SMILES string of the molecule is CCCC(C)c1nc(-c2ccccc2)n(C(C)C)c1N. The van der Waals surface area contributed by atoms with Crippen molar-refractivity contribution in [2.45, 2.75) is 52.5 Å². The van der Waals surface area contributed by atoms with Crippen LogP contribution in [-0.2, 0) is 0 Å². The molecule has 2 rings (SSSR count). The Bertz CT molecular complexity index is 555. The van der Waals surface area contributed by atoms with Gasteiger partial charge in [0.25, 0.3) is 0 Å². The van der Waals surface area contributed by atoms with Crippen LogP contribution in [0.1, 0.15) is 58.2 Å². The van der Waals surface area contributed by atoms with Crippen molar-refractivity contribution < 1.29 is 0 Å². The van der Waals surface area contributed by atoms with E-state index in [-0.39, 0.29) is 0 Å². The fourth-order valence-corrected chi connectivity index (χ4v) is 2.71. The molecular weight excluding hydrogens is 246 g/mol. The quantitative estimate of drug-likeness (QED) is 0.862. The first kappa shape index (κ1) is 14.6. The van der Waals surface area contributed by atoms with Crippen LogP contribution >= 0.6 is 0 Å². The van der Waals surface area contributed by atoms with Gasteiger partial charge in [0.1, 0.15) is 11.6 Å². The molecule has 1 atom stereocenters. The van der Waals surface area contributed by atoms with Crippen molar-refractivity contribution in [3.63, 3.8) is 0 Å². The number of benzene rings is 1. The zero-order valence-corrected chi connectivity index (χ0v) is 12.9. The van der Waals surface area contributed by atoms with E-state index in [0.717, 1.165) is 35.7 Å². The van der Waals surface area contributed by atoms with Crippen molar-refractivity contribution in [2.24, 2.45) is 0 Å². The fourth-order valence-electron chi connectivity index (χ4n) is 2.71. The topological polar surface area (TPSA) is 43.8 Å². The average molecular weight is 271 g/mol. The maximum absolute atomic E-state index is 6.37. The second-order valence-corrected chi connectivity index (χ2v) is 5.73. The summed E-state index contributed by atoms with van der Waals surface area (Å²) < 4.78 is 2.15. The van der Waals surface area contributed by atoms with Crippen molar-refractivity contribution in [3.8, 4) is 11.4 Å². The minimum Gasteiger partial charge on any atom is -0.384 e. The first-order valence-corrected chi connectivity index (χ1v) is 7.49. The number of aromatic nitrogens is 2. The minimum atomic E-state index is 0.306. The van der Waals surface area contributed by atoms with Gasteiger partial charge in [-0.2, -0.15) is 0 Å². The molecule has 0 saturated carbocycles. The molecule has 0 amide bonds. The van der Waals surface area contributed by atoms with E-state index in [1.807, 2.05) is 18.2 Å². The van der Waals surface area contributed by atoms with Gasteiger partial charge < -0.3 is 10.3 Å². The highest BCUT2D eigenvalue weighted by Crippen LogP contribution is 2.33. The molecule has 0 spiro atoms. The van der Waals surface area contributed by atoms with Crippen LogP contribution in [0.2, 0.25) is 0 Å². The Morgan fingerprint density at radius 2 is 1.80 bits per heavy atom. The molecule has 0 bridgehead atoms. The first-order valence-electron chi connectivity index (χ1n) is 7.49. The number of hydrogen-bond acceptors (Lipinski definition) is 2. The molecule has 108 valence electrons. The molecule has 20 heavy (non-hydrogen) atoms. The van der Waals surface area contributed by atoms with Gasteiger partial charge in [-0.15, -0.1) is 0 Å². The van der Waals surface area contributed by atoms with Gasteiger partial charge in [0.15, 0.2) is 0 Å². The molecule has 1 heterocycles. The zero-order chi connectivity index (χ0) is 14.7. The van der Waals surface area contributed by atoms with Crippen LogP contribution in [0.4, 0.5) is 5.82 Å². The Labute approximate surface area is 121 Å². The number of anilines is 1. The summed E-state index contributed by atoms with van der Waals surface area (Å²) in [4.78, 5) is 4.86. The molecule has 0 aliphatic rings. The van der Waals surface area contributed by atoms with Gasteiger partial charge in [-0.3, -0.25) is 0 Å². The van der Waals surface area contributed by atoms with E-state index in [2.05, 4.69) is 44.4 Å². The molecule has 0 fully saturated rings. The molecule has 1 aromatic carbocycles. The predicted octanol–water partition coefficient (Wildman–Crippen LogP) is 4.62. The second kappa shape index (κ2) is 6.12. The highest BCUT2D eigenvalue weighted by atomic mass is 15.2. The van der Waals surface area contributed by atoms with Crippen LogP contribution in [0.15, 0.2) is 30.3 Å². The maximum atomic E-state index is 6.37. The van der Waals surface area contributed by atoms with E-state index in [1.54, 1.807) is 0 Å². The van der Waals surface area contributed by atoms with Crippen LogP contribution in [0, 0.1) is 0 Å². The molecule has 1 aromatic heterocycles. The molecule has 0 aliphatic heterocycles. The second-order valence-electron chi connectivity index (χ2n) is 5.73. The lowest BCUT2D eigenvalue weighted by atomic mass is 10.0. The monoisotopic (exact) mass is 271 g/mol. The fraction of sp³-hybridized carbons (Fsp3) is 0.471. The van der Waals surface area contributed by atoms with Gasteiger partial charge >= 0.3 is 0 Å². The van der Waals surface area contributed by atoms with Gasteiger partial charge in [0, 0.05) is 17.5 Å². The summed E-state index contributed by atoms with van der Waals surface area (Å²) in [7, 11) is 0. The lowest BCUT2D eigenvalue weighted by Gasteiger charge is -2.14. The number of rotatable bonds is 5. The van der Waals surface area contributed by atoms with Crippen LogP contribution in [0.3, 0.4) is 0 Å². The summed E-state index contributed by atoms with van der Waals surface area (Å²) in [6, 6.07) is 10.6. The predicted molar refractivity (Wildman–Crippen MR) is 85.8 cm³/mol. The zero-order valence-electron chi connectivity index (χ0n) is 12.9. The van der Waals surface area contributed by atoms with Gasteiger partial charge in [0.05, 0.1) is 5.69 Å². The number of nitrogens with two attached hydrogens (primary N) is 1. The highest BCUT2D eigenvalue weighted by Gasteiger charge is 2.21. The molecule has 1 unspecified atom stereocenters. The summed E-state index contributed by atoms with van der Waals surface area (Å²) in [5.74, 6) is 2.21. The Hall–Kier alpha value is -1.77. The van der Waals surface area contributed by atoms with Gasteiger partial charge in [-0.25, -0.2) is 4.98 Å². The first-order chi connectivity index (χ1) is 9.56. The van der Waals surface area contributed by atoms with E-state index < -0.39 is 0 Å². The molecule has 2 aromatic rings. The molecule has 0 saturated heterocycles. The summed E-state index contributed by atoms with van der Waals surface area (Å²) >= 11 is 0.